The van der Waals surface area contributed by atoms with Crippen molar-refractivity contribution < 1.29 is 18.7 Å². The highest BCUT2D eigenvalue weighted by atomic mass is 19.1. The molecule has 8 rings (SSSR count). The Morgan fingerprint density at radius 2 is 0.803 bits per heavy atom. The van der Waals surface area contributed by atoms with Crippen LogP contribution in [0.4, 0.5) is 37.2 Å². The molecule has 0 fully saturated rings. The number of nitrogens with one attached hydrogen (secondary N) is 2. The number of halogens is 2. The number of aryl methyl sites for hydroxylation is 10. The summed E-state index contributed by atoms with van der Waals surface area (Å²) in [5, 5.41) is 16.0. The molecule has 5 nitrogen and oxygen atoms in total. The zero-order chi connectivity index (χ0) is 46.8. The lowest BCUT2D eigenvalue weighted by Crippen LogP contribution is -2.04. The molecule has 0 aliphatic rings. The third-order valence-corrected chi connectivity index (χ3v) is 11.5. The number of nitrogens with two attached hydrogens (primary N) is 1. The van der Waals surface area contributed by atoms with E-state index in [9.17, 15) is 18.7 Å². The summed E-state index contributed by atoms with van der Waals surface area (Å²) in [6, 6.07) is 59.1. The third-order valence-electron chi connectivity index (χ3n) is 11.5. The predicted octanol–water partition coefficient (Wildman–Crippen LogP) is 14.7. The van der Waals surface area contributed by atoms with Crippen molar-refractivity contribution in [3.8, 4) is 0 Å². The average Bonchev–Trinajstić information content (AvgIpc) is 3.33. The van der Waals surface area contributed by atoms with Crippen molar-refractivity contribution in [1.82, 2.24) is 0 Å². The van der Waals surface area contributed by atoms with Gasteiger partial charge in [-0.05, 0) is 183 Å². The van der Waals surface area contributed by atoms with Crippen molar-refractivity contribution in [1.29, 1.82) is 0 Å². The summed E-state index contributed by atoms with van der Waals surface area (Å²) >= 11 is 0. The zero-order valence-electron chi connectivity index (χ0n) is 38.3. The largest absolute Gasteiger partial charge is 0.478 e. The fourth-order valence-corrected chi connectivity index (χ4v) is 7.40. The van der Waals surface area contributed by atoms with E-state index in [2.05, 4.69) is 115 Å². The van der Waals surface area contributed by atoms with E-state index in [0.717, 1.165) is 66.7 Å². The molecule has 0 radical (unpaired) electrons. The highest BCUT2D eigenvalue weighted by Crippen LogP contribution is 2.26. The van der Waals surface area contributed by atoms with E-state index in [0.29, 0.717) is 22.5 Å². The average molecular weight is 880 g/mol. The molecule has 5 N–H and O–H groups in total. The molecule has 0 aliphatic heterocycles. The summed E-state index contributed by atoms with van der Waals surface area (Å²) in [7, 11) is 0. The first-order chi connectivity index (χ1) is 31.9. The van der Waals surface area contributed by atoms with Crippen LogP contribution >= 0.6 is 0 Å². The summed E-state index contributed by atoms with van der Waals surface area (Å²) in [6.45, 7) is 7.58. The van der Waals surface area contributed by atoms with Gasteiger partial charge >= 0.3 is 5.97 Å². The second-order valence-corrected chi connectivity index (χ2v) is 16.7. The lowest BCUT2D eigenvalue weighted by molar-refractivity contribution is 0.0698. The van der Waals surface area contributed by atoms with Gasteiger partial charge in [-0.1, -0.05) is 121 Å². The van der Waals surface area contributed by atoms with Crippen LogP contribution in [0.1, 0.15) is 66.0 Å². The van der Waals surface area contributed by atoms with Crippen molar-refractivity contribution in [3.05, 3.63) is 255 Å². The minimum Gasteiger partial charge on any atom is -0.478 e. The van der Waals surface area contributed by atoms with Crippen molar-refractivity contribution >= 4 is 34.4 Å². The standard InChI is InChI=1S/C22H20FNO2.C22H22FN.C15H17N/c1-15-13-18(10-12-20(15)23)24-21-14-17(9-11-19(21)22(25)26)8-7-16-5-3-2-4-6-16;1-16-8-9-19(11-10-18-6-4-3-5-7-18)15-22(16)24-20-12-13-21(23)17(2)14-20;1-12-7-8-14(11-15(12)16)10-9-13-5-3-2-4-6-13/h2-6,9-14,24H,7-8H2,1H3,(H,25,26);3-9,12-15,24H,10-11H2,1-2H3;2-8,11H,9-10,16H2,1H3. The first-order valence-corrected chi connectivity index (χ1v) is 22.4. The Hall–Kier alpha value is -7.51. The van der Waals surface area contributed by atoms with Crippen LogP contribution in [0.3, 0.4) is 0 Å². The number of carboxylic acids is 1. The van der Waals surface area contributed by atoms with Crippen molar-refractivity contribution in [2.75, 3.05) is 16.4 Å². The molecular formula is C59H59F2N3O2. The molecule has 0 amide bonds. The third kappa shape index (κ3) is 14.8. The predicted molar refractivity (Wildman–Crippen MR) is 271 cm³/mol. The summed E-state index contributed by atoms with van der Waals surface area (Å²) in [5.74, 6) is -1.46. The molecule has 7 heteroatoms. The van der Waals surface area contributed by atoms with Gasteiger partial charge in [0.15, 0.2) is 0 Å². The number of hydrogen-bond acceptors (Lipinski definition) is 4. The minimum atomic E-state index is -0.999. The van der Waals surface area contributed by atoms with E-state index in [1.54, 1.807) is 38.1 Å². The van der Waals surface area contributed by atoms with Gasteiger partial charge in [0.25, 0.3) is 0 Å². The van der Waals surface area contributed by atoms with Crippen LogP contribution in [-0.4, -0.2) is 11.1 Å². The second-order valence-electron chi connectivity index (χ2n) is 16.7. The van der Waals surface area contributed by atoms with E-state index in [-0.39, 0.29) is 17.2 Å². The molecule has 0 unspecified atom stereocenters. The fourth-order valence-electron chi connectivity index (χ4n) is 7.40. The molecule has 0 aliphatic carbocycles. The van der Waals surface area contributed by atoms with Gasteiger partial charge in [-0.3, -0.25) is 0 Å². The van der Waals surface area contributed by atoms with Crippen LogP contribution in [-0.2, 0) is 38.5 Å². The van der Waals surface area contributed by atoms with Gasteiger partial charge in [0.05, 0.1) is 11.3 Å². The lowest BCUT2D eigenvalue weighted by atomic mass is 10.0. The molecule has 8 aromatic rings. The maximum absolute atomic E-state index is 13.4. The highest BCUT2D eigenvalue weighted by Gasteiger charge is 2.12. The first-order valence-electron chi connectivity index (χ1n) is 22.4. The van der Waals surface area contributed by atoms with Crippen molar-refractivity contribution in [3.63, 3.8) is 0 Å². The quantitative estimate of drug-likeness (QED) is 0.0818. The van der Waals surface area contributed by atoms with Gasteiger partial charge in [0.2, 0.25) is 0 Å². The van der Waals surface area contributed by atoms with Crippen LogP contribution in [0, 0.1) is 39.3 Å². The molecule has 0 saturated carbocycles. The van der Waals surface area contributed by atoms with Crippen LogP contribution in [0.15, 0.2) is 182 Å². The number of nitrogen functional groups attached to an aromatic ring is 1. The van der Waals surface area contributed by atoms with Gasteiger partial charge in [-0.25, -0.2) is 13.6 Å². The number of benzene rings is 8. The maximum atomic E-state index is 13.4. The Bertz CT molecular complexity index is 2810. The molecule has 0 bridgehead atoms. The molecule has 0 heterocycles. The van der Waals surface area contributed by atoms with E-state index >= 15 is 0 Å². The smallest absolute Gasteiger partial charge is 0.337 e. The molecular weight excluding hydrogens is 821 g/mol. The monoisotopic (exact) mass is 879 g/mol. The van der Waals surface area contributed by atoms with Crippen LogP contribution in [0.2, 0.25) is 0 Å². The normalized spacial score (nSPS) is 10.5. The van der Waals surface area contributed by atoms with Gasteiger partial charge in [-0.2, -0.15) is 0 Å². The van der Waals surface area contributed by atoms with Gasteiger partial charge in [-0.15, -0.1) is 0 Å². The maximum Gasteiger partial charge on any atom is 0.337 e. The number of hydrogen-bond donors (Lipinski definition) is 4. The number of carboxylic acid groups (broad SMARTS) is 1. The zero-order valence-corrected chi connectivity index (χ0v) is 38.3. The molecule has 336 valence electrons. The van der Waals surface area contributed by atoms with E-state index < -0.39 is 5.97 Å². The van der Waals surface area contributed by atoms with Crippen molar-refractivity contribution in [2.45, 2.75) is 66.2 Å². The van der Waals surface area contributed by atoms with Crippen molar-refractivity contribution in [2.24, 2.45) is 0 Å². The molecule has 8 aromatic carbocycles. The van der Waals surface area contributed by atoms with Crippen LogP contribution < -0.4 is 16.4 Å². The number of rotatable bonds is 14. The molecule has 0 atom stereocenters. The molecule has 66 heavy (non-hydrogen) atoms. The van der Waals surface area contributed by atoms with E-state index in [4.69, 9.17) is 5.73 Å². The highest BCUT2D eigenvalue weighted by molar-refractivity contribution is 5.95. The Morgan fingerprint density at radius 3 is 1.23 bits per heavy atom. The first kappa shape index (κ1) is 48.0. The Labute approximate surface area is 389 Å². The fraction of sp³-hybridized carbons (Fsp3) is 0.169. The molecule has 0 aromatic heterocycles. The topological polar surface area (TPSA) is 87.4 Å². The van der Waals surface area contributed by atoms with Gasteiger partial charge in [0.1, 0.15) is 11.6 Å². The Kier molecular flexibility index (Phi) is 17.4. The van der Waals surface area contributed by atoms with Gasteiger partial charge < -0.3 is 21.5 Å². The second kappa shape index (κ2) is 24.0. The summed E-state index contributed by atoms with van der Waals surface area (Å²) in [4.78, 5) is 11.5. The van der Waals surface area contributed by atoms with E-state index in [1.165, 1.54) is 45.5 Å². The number of aromatic carboxylic acids is 1. The van der Waals surface area contributed by atoms with Crippen LogP contribution in [0.25, 0.3) is 0 Å². The lowest BCUT2D eigenvalue weighted by Gasteiger charge is -2.13. The van der Waals surface area contributed by atoms with Crippen LogP contribution in [0.5, 0.6) is 0 Å². The summed E-state index contributed by atoms with van der Waals surface area (Å²) < 4.78 is 26.9. The minimum absolute atomic E-state index is 0.172. The Balaban J connectivity index is 0.000000168. The van der Waals surface area contributed by atoms with Gasteiger partial charge in [0, 0.05) is 22.7 Å². The number of carbonyl (C=O) groups is 1. The van der Waals surface area contributed by atoms with E-state index in [1.807, 2.05) is 55.5 Å². The SMILES string of the molecule is Cc1cc(Nc2cc(CCc3ccccc3)ccc2C(=O)O)ccc1F.Cc1cc(Nc2cc(CCc3ccccc3)ccc2C)ccc1F.Cc1ccc(CCc2ccccc2)cc1N. The molecule has 0 spiro atoms. The summed E-state index contributed by atoms with van der Waals surface area (Å²) in [5.41, 5.74) is 21.2. The summed E-state index contributed by atoms with van der Waals surface area (Å²) in [6.07, 6.45) is 5.83. The number of anilines is 5. The Morgan fingerprint density at radius 1 is 0.424 bits per heavy atom. The molecule has 0 saturated heterocycles.